The Hall–Kier alpha value is -1.63. The molecule has 2 N–H and O–H groups in total. The van der Waals surface area contributed by atoms with E-state index in [-0.39, 0.29) is 18.4 Å². The lowest BCUT2D eigenvalue weighted by molar-refractivity contribution is -0.141. The molecule has 4 nitrogen and oxygen atoms in total. The first-order chi connectivity index (χ1) is 9.43. The van der Waals surface area contributed by atoms with Gasteiger partial charge in [-0.2, -0.15) is 11.8 Å². The van der Waals surface area contributed by atoms with Gasteiger partial charge in [-0.15, -0.1) is 0 Å². The summed E-state index contributed by atoms with van der Waals surface area (Å²) in [5, 5.41) is 11.3. The molecule has 1 aromatic carbocycles. The molecule has 0 radical (unpaired) electrons. The van der Waals surface area contributed by atoms with Crippen LogP contribution in [0, 0.1) is 11.6 Å². The molecule has 0 unspecified atom stereocenters. The van der Waals surface area contributed by atoms with Gasteiger partial charge in [-0.3, -0.25) is 4.79 Å². The van der Waals surface area contributed by atoms with Crippen LogP contribution >= 0.6 is 11.8 Å². The van der Waals surface area contributed by atoms with Crippen LogP contribution < -0.4 is 5.32 Å². The summed E-state index contributed by atoms with van der Waals surface area (Å²) in [6, 6.07) is 1.90. The molecule has 1 aromatic rings. The Morgan fingerprint density at radius 1 is 1.40 bits per heavy atom. The largest absolute Gasteiger partial charge is 0.480 e. The van der Waals surface area contributed by atoms with E-state index in [1.807, 2.05) is 6.26 Å². The van der Waals surface area contributed by atoms with Crippen LogP contribution in [0.15, 0.2) is 18.2 Å². The zero-order valence-corrected chi connectivity index (χ0v) is 11.7. The number of hydrogen-bond acceptors (Lipinski definition) is 3. The van der Waals surface area contributed by atoms with Crippen molar-refractivity contribution in [3.8, 4) is 0 Å². The highest BCUT2D eigenvalue weighted by Gasteiger charge is 2.20. The minimum Gasteiger partial charge on any atom is -0.480 e. The van der Waals surface area contributed by atoms with Crippen LogP contribution in [-0.4, -0.2) is 35.0 Å². The first kappa shape index (κ1) is 16.4. The molecule has 0 aliphatic carbocycles. The van der Waals surface area contributed by atoms with Gasteiger partial charge in [0, 0.05) is 6.07 Å². The lowest BCUT2D eigenvalue weighted by atomic mass is 10.1. The third kappa shape index (κ3) is 5.16. The number of carbonyl (C=O) groups is 2. The number of thioether (sulfide) groups is 1. The topological polar surface area (TPSA) is 66.4 Å². The van der Waals surface area contributed by atoms with Crippen molar-refractivity contribution >= 4 is 23.6 Å². The van der Waals surface area contributed by atoms with E-state index in [2.05, 4.69) is 5.32 Å². The van der Waals surface area contributed by atoms with Gasteiger partial charge in [0.1, 0.15) is 17.7 Å². The maximum Gasteiger partial charge on any atom is 0.326 e. The average Bonchev–Trinajstić information content (AvgIpc) is 2.37. The van der Waals surface area contributed by atoms with Crippen LogP contribution in [-0.2, 0) is 16.0 Å². The van der Waals surface area contributed by atoms with E-state index in [1.165, 1.54) is 17.8 Å². The summed E-state index contributed by atoms with van der Waals surface area (Å²) in [6.45, 7) is 0. The summed E-state index contributed by atoms with van der Waals surface area (Å²) >= 11 is 1.47. The number of amides is 1. The minimum atomic E-state index is -1.13. The molecule has 110 valence electrons. The van der Waals surface area contributed by atoms with Crippen molar-refractivity contribution in [2.24, 2.45) is 0 Å². The van der Waals surface area contributed by atoms with Gasteiger partial charge >= 0.3 is 5.97 Å². The van der Waals surface area contributed by atoms with Crippen LogP contribution in [0.25, 0.3) is 0 Å². The lowest BCUT2D eigenvalue weighted by Gasteiger charge is -2.14. The maximum atomic E-state index is 13.4. The van der Waals surface area contributed by atoms with Gasteiger partial charge in [0.05, 0.1) is 6.42 Å². The summed E-state index contributed by atoms with van der Waals surface area (Å²) in [5.74, 6) is -2.70. The number of nitrogens with one attached hydrogen (secondary N) is 1. The summed E-state index contributed by atoms with van der Waals surface area (Å²) < 4.78 is 26.1. The Labute approximate surface area is 119 Å². The summed E-state index contributed by atoms with van der Waals surface area (Å²) in [4.78, 5) is 22.6. The van der Waals surface area contributed by atoms with Crippen molar-refractivity contribution in [2.75, 3.05) is 12.0 Å². The second-order valence-electron chi connectivity index (χ2n) is 4.15. The molecule has 20 heavy (non-hydrogen) atoms. The first-order valence-corrected chi connectivity index (χ1v) is 7.28. The standard InChI is InChI=1S/C13H15F2NO3S/c1-20-5-4-11(13(18)19)16-12(17)6-8-2-3-9(14)7-10(8)15/h2-3,7,11H,4-6H2,1H3,(H,16,17)(H,18,19)/t11-/m1/s1. The van der Waals surface area contributed by atoms with Crippen LogP contribution in [0.3, 0.4) is 0 Å². The predicted octanol–water partition coefficient (Wildman–Crippen LogP) is 1.83. The van der Waals surface area contributed by atoms with E-state index in [9.17, 15) is 18.4 Å². The Bertz CT molecular complexity index is 497. The van der Waals surface area contributed by atoms with E-state index >= 15 is 0 Å². The van der Waals surface area contributed by atoms with Gasteiger partial charge < -0.3 is 10.4 Å². The predicted molar refractivity (Wildman–Crippen MR) is 72.6 cm³/mol. The fraction of sp³-hybridized carbons (Fsp3) is 0.385. The van der Waals surface area contributed by atoms with Crippen molar-refractivity contribution < 1.29 is 23.5 Å². The van der Waals surface area contributed by atoms with E-state index in [4.69, 9.17) is 5.11 Å². The second kappa shape index (κ2) is 7.84. The fourth-order valence-corrected chi connectivity index (χ4v) is 2.05. The van der Waals surface area contributed by atoms with Gasteiger partial charge in [0.2, 0.25) is 5.91 Å². The molecular weight excluding hydrogens is 288 g/mol. The van der Waals surface area contributed by atoms with E-state index < -0.39 is 29.6 Å². The van der Waals surface area contributed by atoms with Gasteiger partial charge in [0.15, 0.2) is 0 Å². The fourth-order valence-electron chi connectivity index (χ4n) is 1.58. The number of rotatable bonds is 7. The number of aliphatic carboxylic acids is 1. The number of carboxylic acid groups (broad SMARTS) is 1. The average molecular weight is 303 g/mol. The van der Waals surface area contributed by atoms with E-state index in [0.29, 0.717) is 11.8 Å². The van der Waals surface area contributed by atoms with Crippen molar-refractivity contribution in [3.05, 3.63) is 35.4 Å². The Morgan fingerprint density at radius 2 is 2.10 bits per heavy atom. The maximum absolute atomic E-state index is 13.4. The highest BCUT2D eigenvalue weighted by molar-refractivity contribution is 7.98. The monoisotopic (exact) mass is 303 g/mol. The molecule has 1 amide bonds. The van der Waals surface area contributed by atoms with Crippen molar-refractivity contribution in [1.82, 2.24) is 5.32 Å². The lowest BCUT2D eigenvalue weighted by Crippen LogP contribution is -2.42. The molecule has 0 aliphatic heterocycles. The van der Waals surface area contributed by atoms with Crippen LogP contribution in [0.2, 0.25) is 0 Å². The zero-order chi connectivity index (χ0) is 15.1. The third-order valence-electron chi connectivity index (χ3n) is 2.61. The van der Waals surface area contributed by atoms with E-state index in [0.717, 1.165) is 6.07 Å². The van der Waals surface area contributed by atoms with Crippen molar-refractivity contribution in [3.63, 3.8) is 0 Å². The molecule has 1 rings (SSSR count). The number of benzene rings is 1. The summed E-state index contributed by atoms with van der Waals surface area (Å²) in [6.07, 6.45) is 1.79. The molecule has 1 atom stereocenters. The molecule has 0 saturated heterocycles. The van der Waals surface area contributed by atoms with Gasteiger partial charge in [-0.1, -0.05) is 6.07 Å². The van der Waals surface area contributed by atoms with Gasteiger partial charge in [-0.05, 0) is 30.1 Å². The normalized spacial score (nSPS) is 11.9. The van der Waals surface area contributed by atoms with Crippen LogP contribution in [0.4, 0.5) is 8.78 Å². The van der Waals surface area contributed by atoms with Gasteiger partial charge in [0.25, 0.3) is 0 Å². The Balaban J connectivity index is 2.63. The third-order valence-corrected chi connectivity index (χ3v) is 3.25. The Kier molecular flexibility index (Phi) is 6.44. The molecule has 7 heteroatoms. The van der Waals surface area contributed by atoms with Crippen LogP contribution in [0.1, 0.15) is 12.0 Å². The number of hydrogen-bond donors (Lipinski definition) is 2. The van der Waals surface area contributed by atoms with Crippen molar-refractivity contribution in [2.45, 2.75) is 18.9 Å². The highest BCUT2D eigenvalue weighted by atomic mass is 32.2. The molecule has 0 aromatic heterocycles. The highest BCUT2D eigenvalue weighted by Crippen LogP contribution is 2.10. The molecule has 0 bridgehead atoms. The SMILES string of the molecule is CSCC[C@@H](NC(=O)Cc1ccc(F)cc1F)C(=O)O. The number of halogens is 2. The summed E-state index contributed by atoms with van der Waals surface area (Å²) in [7, 11) is 0. The van der Waals surface area contributed by atoms with E-state index in [1.54, 1.807) is 0 Å². The zero-order valence-electron chi connectivity index (χ0n) is 10.9. The number of carboxylic acids is 1. The molecule has 0 aliphatic rings. The molecular formula is C13H15F2NO3S. The quantitative estimate of drug-likeness (QED) is 0.806. The number of carbonyl (C=O) groups excluding carboxylic acids is 1. The Morgan fingerprint density at radius 3 is 2.65 bits per heavy atom. The van der Waals surface area contributed by atoms with Crippen LogP contribution in [0.5, 0.6) is 0 Å². The van der Waals surface area contributed by atoms with Crippen molar-refractivity contribution in [1.29, 1.82) is 0 Å². The minimum absolute atomic E-state index is 0.0258. The first-order valence-electron chi connectivity index (χ1n) is 5.89. The molecule has 0 spiro atoms. The second-order valence-corrected chi connectivity index (χ2v) is 5.14. The molecule has 0 fully saturated rings. The summed E-state index contributed by atoms with van der Waals surface area (Å²) in [5.41, 5.74) is 0.0258. The smallest absolute Gasteiger partial charge is 0.326 e. The molecule has 0 heterocycles. The van der Waals surface area contributed by atoms with Gasteiger partial charge in [-0.25, -0.2) is 13.6 Å². The molecule has 0 saturated carbocycles.